The predicted molar refractivity (Wildman–Crippen MR) is 328 cm³/mol. The maximum absolute atomic E-state index is 14.3. The van der Waals surface area contributed by atoms with Crippen LogP contribution in [0.3, 0.4) is 0 Å². The van der Waals surface area contributed by atoms with E-state index in [1.165, 1.54) is 56.9 Å². The van der Waals surface area contributed by atoms with Crippen molar-refractivity contribution in [3.8, 4) is 17.6 Å². The number of amides is 2. The van der Waals surface area contributed by atoms with Gasteiger partial charge in [-0.25, -0.2) is 9.46 Å². The number of nitrogens with zero attached hydrogens (tertiary/aromatic N) is 3. The summed E-state index contributed by atoms with van der Waals surface area (Å²) in [4.78, 5) is 29.6. The highest BCUT2D eigenvalue weighted by atomic mass is 31.2. The highest BCUT2D eigenvalue weighted by molar-refractivity contribution is 7.44. The van der Waals surface area contributed by atoms with Gasteiger partial charge >= 0.3 is 6.09 Å². The molecule has 13 heteroatoms. The Balaban J connectivity index is 0.873. The van der Waals surface area contributed by atoms with Crippen LogP contribution in [0.15, 0.2) is 90.5 Å². The number of methoxy groups -OCH3 is 2. The standard InChI is InChI=1S/C69H101N4O8P/c1-48(2)20-18-21-51(7)61-35-36-62-60-34-29-56-44-59(37-39-67(56,8)63(60)38-40-68(61,62)9)80-66(75)71-42-17-13-16-24-65(74)72-45-52(64(46-72)81-82(79-43-19-41-70)73(49(3)4)50(5)6)47-78-69(53-22-14-12-15-23-53,54-25-30-57(76-10)31-26-54)55-27-32-58(77-11)33-28-55/h12,14-15,22-23,25-33,48-52,59-64H,13,16-21,24,34-40,42-47H2,1-11H3,(H,71,75)/t51?,52?,59?,60?,61?,62?,63?,64?,67-,68+,82?/m1/s1. The minimum absolute atomic E-state index is 0.0619. The zero-order chi connectivity index (χ0) is 58.6. The van der Waals surface area contributed by atoms with Crippen molar-refractivity contribution in [2.24, 2.45) is 52.3 Å². The number of benzene rings is 3. The minimum Gasteiger partial charge on any atom is -0.497 e. The summed E-state index contributed by atoms with van der Waals surface area (Å²) in [5, 5.41) is 12.6. The second kappa shape index (κ2) is 29.1. The molecule has 0 spiro atoms. The van der Waals surface area contributed by atoms with E-state index >= 15 is 0 Å². The molecule has 82 heavy (non-hydrogen) atoms. The zero-order valence-corrected chi connectivity index (χ0v) is 52.7. The first-order valence-electron chi connectivity index (χ1n) is 31.6. The van der Waals surface area contributed by atoms with Crippen molar-refractivity contribution in [1.29, 1.82) is 5.26 Å². The number of nitrogens with one attached hydrogen (secondary N) is 1. The molecule has 450 valence electrons. The molecule has 3 aromatic carbocycles. The predicted octanol–water partition coefficient (Wildman–Crippen LogP) is 15.8. The third-order valence-electron chi connectivity index (χ3n) is 20.2. The number of carbonyl (C=O) groups is 2. The van der Waals surface area contributed by atoms with Crippen molar-refractivity contribution in [3.05, 3.63) is 107 Å². The number of rotatable bonds is 28. The van der Waals surface area contributed by atoms with Gasteiger partial charge in [-0.15, -0.1) is 0 Å². The second-order valence-electron chi connectivity index (χ2n) is 26.4. The van der Waals surface area contributed by atoms with Crippen molar-refractivity contribution in [1.82, 2.24) is 14.9 Å². The number of carbonyl (C=O) groups excluding carboxylic acids is 2. The third-order valence-corrected chi connectivity index (χ3v) is 22.3. The molecule has 3 saturated carbocycles. The minimum atomic E-state index is -1.61. The van der Waals surface area contributed by atoms with Gasteiger partial charge in [-0.1, -0.05) is 127 Å². The highest BCUT2D eigenvalue weighted by Gasteiger charge is 2.59. The molecule has 1 saturated heterocycles. The van der Waals surface area contributed by atoms with E-state index in [0.717, 1.165) is 95.8 Å². The summed E-state index contributed by atoms with van der Waals surface area (Å²) < 4.78 is 40.6. The molecule has 0 radical (unpaired) electrons. The van der Waals surface area contributed by atoms with Crippen molar-refractivity contribution in [2.75, 3.05) is 47.1 Å². The van der Waals surface area contributed by atoms with Crippen LogP contribution in [0.1, 0.15) is 182 Å². The van der Waals surface area contributed by atoms with Crippen LogP contribution in [-0.2, 0) is 28.9 Å². The lowest BCUT2D eigenvalue weighted by atomic mass is 9.47. The van der Waals surface area contributed by atoms with E-state index in [-0.39, 0.29) is 61.2 Å². The molecule has 4 fully saturated rings. The Morgan fingerprint density at radius 2 is 1.46 bits per heavy atom. The van der Waals surface area contributed by atoms with Gasteiger partial charge in [0.05, 0.1) is 46.0 Å². The first-order valence-corrected chi connectivity index (χ1v) is 32.7. The summed E-state index contributed by atoms with van der Waals surface area (Å²) in [5.74, 6) is 6.13. The number of allylic oxidation sites excluding steroid dienone is 1. The first-order chi connectivity index (χ1) is 39.4. The number of ether oxygens (including phenoxy) is 4. The zero-order valence-electron chi connectivity index (χ0n) is 51.8. The smallest absolute Gasteiger partial charge is 0.407 e. The fourth-order valence-electron chi connectivity index (χ4n) is 15.9. The fraction of sp³-hybridized carbons (Fsp3) is 0.667. The topological polar surface area (TPSA) is 132 Å². The van der Waals surface area contributed by atoms with Crippen molar-refractivity contribution in [2.45, 2.75) is 195 Å². The van der Waals surface area contributed by atoms with Crippen LogP contribution >= 0.6 is 8.53 Å². The molecular formula is C69H101N4O8P. The number of unbranched alkanes of at least 4 members (excludes halogenated alkanes) is 2. The highest BCUT2D eigenvalue weighted by Crippen LogP contribution is 2.67. The molecule has 12 nitrogen and oxygen atoms in total. The second-order valence-corrected chi connectivity index (χ2v) is 27.8. The molecule has 2 amide bonds. The molecule has 3 aromatic rings. The number of likely N-dealkylation sites (tertiary alicyclic amines) is 1. The van der Waals surface area contributed by atoms with Crippen LogP contribution in [0.4, 0.5) is 4.79 Å². The van der Waals surface area contributed by atoms with Gasteiger partial charge < -0.3 is 38.2 Å². The number of alkyl carbamates (subject to hydrolysis) is 1. The summed E-state index contributed by atoms with van der Waals surface area (Å²) in [6.45, 7) is 22.8. The van der Waals surface area contributed by atoms with E-state index in [0.29, 0.717) is 37.9 Å². The van der Waals surface area contributed by atoms with Gasteiger partial charge in [-0.3, -0.25) is 4.79 Å². The summed E-state index contributed by atoms with van der Waals surface area (Å²) in [6, 6.07) is 28.7. The SMILES string of the molecule is COc1ccc(C(OCC2CN(C(=O)CCCCCNC(=O)OC3CC[C@]4(C)C(=CCC5C6CCC(C(C)CCCC(C)C)[C@]6(C)CCC54)C3)CC2OP(OCCC#N)N(C(C)C)C(C)C)(c2ccccc2)c2ccc(OC)cc2)cc1. The number of nitriles is 1. The molecule has 9 unspecified atom stereocenters. The van der Waals surface area contributed by atoms with E-state index in [2.05, 4.69) is 121 Å². The van der Waals surface area contributed by atoms with Gasteiger partial charge in [0, 0.05) is 50.5 Å². The molecule has 0 bridgehead atoms. The van der Waals surface area contributed by atoms with Crippen LogP contribution in [0.25, 0.3) is 0 Å². The Kier molecular flexibility index (Phi) is 22.5. The van der Waals surface area contributed by atoms with Crippen LogP contribution in [0, 0.1) is 63.6 Å². The summed E-state index contributed by atoms with van der Waals surface area (Å²) in [6.07, 6.45) is 18.3. The maximum Gasteiger partial charge on any atom is 0.407 e. The normalized spacial score (nSPS) is 26.9. The lowest BCUT2D eigenvalue weighted by Gasteiger charge is -2.58. The lowest BCUT2D eigenvalue weighted by molar-refractivity contribution is -0.130. The average Bonchev–Trinajstić information content (AvgIpc) is 4.17. The van der Waals surface area contributed by atoms with Gasteiger partial charge in [0.2, 0.25) is 5.91 Å². The molecule has 1 heterocycles. The van der Waals surface area contributed by atoms with Crippen molar-refractivity contribution in [3.63, 3.8) is 0 Å². The summed E-state index contributed by atoms with van der Waals surface area (Å²) >= 11 is 0. The molecule has 1 N–H and O–H groups in total. The van der Waals surface area contributed by atoms with E-state index in [9.17, 15) is 14.9 Å². The van der Waals surface area contributed by atoms with Crippen LogP contribution in [0.2, 0.25) is 0 Å². The van der Waals surface area contributed by atoms with E-state index in [4.69, 9.17) is 28.0 Å². The van der Waals surface area contributed by atoms with E-state index < -0.39 is 20.2 Å². The summed E-state index contributed by atoms with van der Waals surface area (Å²) in [7, 11) is 1.72. The van der Waals surface area contributed by atoms with Crippen molar-refractivity contribution >= 4 is 20.5 Å². The molecule has 1 aliphatic heterocycles. The third kappa shape index (κ3) is 14.6. The van der Waals surface area contributed by atoms with Crippen LogP contribution < -0.4 is 14.8 Å². The Morgan fingerprint density at radius 3 is 2.10 bits per heavy atom. The van der Waals surface area contributed by atoms with Gasteiger partial charge in [0.1, 0.15) is 23.2 Å². The van der Waals surface area contributed by atoms with Gasteiger partial charge in [0.15, 0.2) is 0 Å². The molecule has 4 aliphatic carbocycles. The Morgan fingerprint density at radius 1 is 0.793 bits per heavy atom. The van der Waals surface area contributed by atoms with Crippen molar-refractivity contribution < 1.29 is 37.6 Å². The van der Waals surface area contributed by atoms with Crippen LogP contribution in [0.5, 0.6) is 11.5 Å². The summed E-state index contributed by atoms with van der Waals surface area (Å²) in [5.41, 5.74) is 3.94. The van der Waals surface area contributed by atoms with E-state index in [1.807, 2.05) is 47.4 Å². The quantitative estimate of drug-likeness (QED) is 0.0324. The van der Waals surface area contributed by atoms with E-state index in [1.54, 1.807) is 14.2 Å². The Labute approximate surface area is 495 Å². The average molecular weight is 1150 g/mol. The molecular weight excluding hydrogens is 1040 g/mol. The Bertz CT molecular complexity index is 2520. The number of hydrogen-bond donors (Lipinski definition) is 1. The largest absolute Gasteiger partial charge is 0.497 e. The number of fused-ring (bicyclic) bond motifs is 5. The fourth-order valence-corrected chi connectivity index (χ4v) is 17.7. The lowest BCUT2D eigenvalue weighted by Crippen LogP contribution is -2.51. The monoisotopic (exact) mass is 1140 g/mol. The molecule has 8 rings (SSSR count). The maximum atomic E-state index is 14.3. The Hall–Kier alpha value is -4.50. The first kappa shape index (κ1) is 63.5. The molecule has 0 aromatic heterocycles. The molecule has 11 atom stereocenters. The van der Waals surface area contributed by atoms with Crippen LogP contribution in [-0.4, -0.2) is 92.9 Å². The van der Waals surface area contributed by atoms with Gasteiger partial charge in [-0.05, 0) is 173 Å². The van der Waals surface area contributed by atoms with Gasteiger partial charge in [-0.2, -0.15) is 5.26 Å². The van der Waals surface area contributed by atoms with Gasteiger partial charge in [0.25, 0.3) is 8.53 Å². The molecule has 5 aliphatic rings. The number of hydrogen-bond acceptors (Lipinski definition) is 10.